The fraction of sp³-hybridized carbons (Fsp3) is 0.0833. The topological polar surface area (TPSA) is 43.8 Å². The highest BCUT2D eigenvalue weighted by Gasteiger charge is 2.15. The fourth-order valence-corrected chi connectivity index (χ4v) is 2.11. The molecule has 0 radical (unpaired) electrons. The summed E-state index contributed by atoms with van der Waals surface area (Å²) < 4.78 is 1.66. The molecule has 0 unspecified atom stereocenters. The van der Waals surface area contributed by atoms with Crippen LogP contribution in [-0.2, 0) is 6.54 Å². The molecule has 5 heteroatoms. The van der Waals surface area contributed by atoms with Gasteiger partial charge >= 0.3 is 0 Å². The maximum atomic E-state index is 6.09. The summed E-state index contributed by atoms with van der Waals surface area (Å²) in [6.45, 7) is 0.362. The first-order valence-electron chi connectivity index (χ1n) is 4.83. The number of benzene rings is 1. The van der Waals surface area contributed by atoms with Crippen LogP contribution in [0.3, 0.4) is 0 Å². The van der Waals surface area contributed by atoms with Gasteiger partial charge in [-0.2, -0.15) is 0 Å². The van der Waals surface area contributed by atoms with Crippen LogP contribution in [0.2, 0.25) is 10.0 Å². The lowest BCUT2D eigenvalue weighted by molar-refractivity contribution is 0.852. The molecule has 0 amide bonds. The first kappa shape index (κ1) is 11.8. The van der Waals surface area contributed by atoms with E-state index in [1.165, 1.54) is 0 Å². The van der Waals surface area contributed by atoms with Gasteiger partial charge in [0.05, 0.1) is 22.9 Å². The summed E-state index contributed by atoms with van der Waals surface area (Å²) in [6, 6.07) is 5.24. The first-order valence-corrected chi connectivity index (χ1v) is 5.59. The minimum absolute atomic E-state index is 0.362. The number of nitrogens with two attached hydrogens (primary N) is 1. The zero-order valence-corrected chi connectivity index (χ0v) is 10.3. The smallest absolute Gasteiger partial charge is 0.132 e. The van der Waals surface area contributed by atoms with Gasteiger partial charge in [0, 0.05) is 5.56 Å². The predicted octanol–water partition coefficient (Wildman–Crippen LogP) is 3.07. The van der Waals surface area contributed by atoms with E-state index in [1.54, 1.807) is 29.1 Å². The first-order chi connectivity index (χ1) is 8.15. The second kappa shape index (κ2) is 4.70. The molecule has 1 aromatic heterocycles. The second-order valence-electron chi connectivity index (χ2n) is 3.41. The Balaban J connectivity index is 2.58. The van der Waals surface area contributed by atoms with Gasteiger partial charge in [0.2, 0.25) is 0 Å². The van der Waals surface area contributed by atoms with Gasteiger partial charge in [-0.3, -0.25) is 0 Å². The average molecular weight is 266 g/mol. The molecule has 0 atom stereocenters. The largest absolute Gasteiger partial charge is 0.383 e. The van der Waals surface area contributed by atoms with Crippen molar-refractivity contribution in [3.8, 4) is 23.6 Å². The van der Waals surface area contributed by atoms with Crippen molar-refractivity contribution in [2.24, 2.45) is 0 Å². The molecule has 2 N–H and O–H groups in total. The van der Waals surface area contributed by atoms with Crippen LogP contribution in [0.5, 0.6) is 0 Å². The third-order valence-corrected chi connectivity index (χ3v) is 2.97. The van der Waals surface area contributed by atoms with E-state index in [0.29, 0.717) is 33.7 Å². The summed E-state index contributed by atoms with van der Waals surface area (Å²) in [5.74, 6) is 2.95. The summed E-state index contributed by atoms with van der Waals surface area (Å²) in [5, 5.41) is 1.02. The number of hydrogen-bond donors (Lipinski definition) is 1. The molecule has 0 aliphatic carbocycles. The number of aromatic nitrogens is 2. The molecular weight excluding hydrogens is 257 g/mol. The van der Waals surface area contributed by atoms with Crippen LogP contribution in [0.15, 0.2) is 24.5 Å². The molecule has 0 fully saturated rings. The van der Waals surface area contributed by atoms with Gasteiger partial charge in [-0.1, -0.05) is 35.2 Å². The van der Waals surface area contributed by atoms with E-state index in [1.807, 2.05) is 0 Å². The molecule has 0 aliphatic heterocycles. The van der Waals surface area contributed by atoms with Crippen molar-refractivity contribution in [2.45, 2.75) is 6.54 Å². The molecule has 86 valence electrons. The standard InChI is InChI=1S/C12H9Cl2N3/c1-2-6-17-7-16-11(12(17)15)10-8(13)4-3-5-9(10)14/h1,3-5,7H,6,15H2. The van der Waals surface area contributed by atoms with Crippen LogP contribution in [0.4, 0.5) is 5.82 Å². The molecule has 0 bridgehead atoms. The van der Waals surface area contributed by atoms with Gasteiger partial charge in [0.25, 0.3) is 0 Å². The number of nitrogens with zero attached hydrogens (tertiary/aromatic N) is 2. The van der Waals surface area contributed by atoms with Crippen LogP contribution in [0.25, 0.3) is 11.3 Å². The molecule has 3 nitrogen and oxygen atoms in total. The quantitative estimate of drug-likeness (QED) is 0.849. The summed E-state index contributed by atoms with van der Waals surface area (Å²) in [4.78, 5) is 4.20. The Morgan fingerprint density at radius 2 is 2.00 bits per heavy atom. The summed E-state index contributed by atoms with van der Waals surface area (Å²) in [7, 11) is 0. The van der Waals surface area contributed by atoms with E-state index in [4.69, 9.17) is 35.4 Å². The Hall–Kier alpha value is -1.63. The van der Waals surface area contributed by atoms with E-state index < -0.39 is 0 Å². The van der Waals surface area contributed by atoms with Crippen molar-refractivity contribution in [3.63, 3.8) is 0 Å². The van der Waals surface area contributed by atoms with E-state index >= 15 is 0 Å². The lowest BCUT2D eigenvalue weighted by atomic mass is 10.1. The van der Waals surface area contributed by atoms with Crippen LogP contribution in [0.1, 0.15) is 0 Å². The third-order valence-electron chi connectivity index (χ3n) is 2.34. The molecule has 0 spiro atoms. The lowest BCUT2D eigenvalue weighted by Crippen LogP contribution is -2.00. The minimum Gasteiger partial charge on any atom is -0.383 e. The number of rotatable bonds is 2. The van der Waals surface area contributed by atoms with Crippen LogP contribution >= 0.6 is 23.2 Å². The lowest BCUT2D eigenvalue weighted by Gasteiger charge is -2.06. The SMILES string of the molecule is C#CCn1cnc(-c2c(Cl)cccc2Cl)c1N. The normalized spacial score (nSPS) is 10.2. The Labute approximate surface area is 109 Å². The second-order valence-corrected chi connectivity index (χ2v) is 4.22. The minimum atomic E-state index is 0.362. The van der Waals surface area contributed by atoms with Gasteiger partial charge in [-0.05, 0) is 12.1 Å². The highest BCUT2D eigenvalue weighted by atomic mass is 35.5. The van der Waals surface area contributed by atoms with Gasteiger partial charge in [-0.15, -0.1) is 6.42 Å². The molecule has 0 saturated heterocycles. The van der Waals surface area contributed by atoms with E-state index in [0.717, 1.165) is 0 Å². The predicted molar refractivity (Wildman–Crippen MR) is 70.9 cm³/mol. The molecule has 17 heavy (non-hydrogen) atoms. The molecular formula is C12H9Cl2N3. The fourth-order valence-electron chi connectivity index (χ4n) is 1.53. The maximum absolute atomic E-state index is 6.09. The Bertz CT molecular complexity index is 576. The monoisotopic (exact) mass is 265 g/mol. The van der Waals surface area contributed by atoms with Crippen molar-refractivity contribution < 1.29 is 0 Å². The molecule has 0 saturated carbocycles. The molecule has 2 rings (SSSR count). The number of imidazole rings is 1. The van der Waals surface area contributed by atoms with Gasteiger partial charge in [0.15, 0.2) is 0 Å². The van der Waals surface area contributed by atoms with E-state index in [9.17, 15) is 0 Å². The van der Waals surface area contributed by atoms with E-state index in [2.05, 4.69) is 10.9 Å². The number of hydrogen-bond acceptors (Lipinski definition) is 2. The Morgan fingerprint density at radius 3 is 2.59 bits per heavy atom. The summed E-state index contributed by atoms with van der Waals surface area (Å²) >= 11 is 12.2. The average Bonchev–Trinajstić information content (AvgIpc) is 2.62. The van der Waals surface area contributed by atoms with Gasteiger partial charge in [-0.25, -0.2) is 4.98 Å². The van der Waals surface area contributed by atoms with Crippen molar-refractivity contribution >= 4 is 29.0 Å². The number of halogens is 2. The van der Waals surface area contributed by atoms with Crippen molar-refractivity contribution in [2.75, 3.05) is 5.73 Å². The van der Waals surface area contributed by atoms with Crippen molar-refractivity contribution in [1.29, 1.82) is 0 Å². The highest BCUT2D eigenvalue weighted by Crippen LogP contribution is 2.36. The van der Waals surface area contributed by atoms with Crippen LogP contribution in [-0.4, -0.2) is 9.55 Å². The number of terminal acetylenes is 1. The molecule has 1 heterocycles. The number of anilines is 1. The van der Waals surface area contributed by atoms with Crippen molar-refractivity contribution in [1.82, 2.24) is 9.55 Å². The maximum Gasteiger partial charge on any atom is 0.132 e. The van der Waals surface area contributed by atoms with E-state index in [-0.39, 0.29) is 0 Å². The van der Waals surface area contributed by atoms with Gasteiger partial charge < -0.3 is 10.3 Å². The number of nitrogen functional groups attached to an aromatic ring is 1. The Morgan fingerprint density at radius 1 is 1.35 bits per heavy atom. The summed E-state index contributed by atoms with van der Waals surface area (Å²) in [5.41, 5.74) is 7.13. The van der Waals surface area contributed by atoms with Gasteiger partial charge in [0.1, 0.15) is 11.5 Å². The molecule has 2 aromatic rings. The van der Waals surface area contributed by atoms with Crippen molar-refractivity contribution in [3.05, 3.63) is 34.6 Å². The molecule has 0 aliphatic rings. The highest BCUT2D eigenvalue weighted by molar-refractivity contribution is 6.39. The summed E-state index contributed by atoms with van der Waals surface area (Å²) in [6.07, 6.45) is 6.80. The zero-order chi connectivity index (χ0) is 12.4. The third kappa shape index (κ3) is 2.10. The molecule has 1 aromatic carbocycles. The zero-order valence-electron chi connectivity index (χ0n) is 8.82. The van der Waals surface area contributed by atoms with Crippen LogP contribution < -0.4 is 5.73 Å². The van der Waals surface area contributed by atoms with Crippen LogP contribution in [0, 0.1) is 12.3 Å². The Kier molecular flexibility index (Phi) is 3.28.